The molecular formula is C13H13ClN4O3. The molecule has 0 bridgehead atoms. The fraction of sp³-hybridized carbons (Fsp3) is 0.231. The number of aryl methyl sites for hydroxylation is 1. The Morgan fingerprint density at radius 2 is 2.24 bits per heavy atom. The van der Waals surface area contributed by atoms with Crippen LogP contribution in [0.2, 0.25) is 5.15 Å². The van der Waals surface area contributed by atoms with E-state index in [9.17, 15) is 9.59 Å². The van der Waals surface area contributed by atoms with Crippen molar-refractivity contribution in [2.24, 2.45) is 7.05 Å². The smallest absolute Gasteiger partial charge is 0.342 e. The molecule has 1 amide bonds. The number of ether oxygens (including phenoxy) is 1. The van der Waals surface area contributed by atoms with E-state index in [0.717, 1.165) is 0 Å². The summed E-state index contributed by atoms with van der Waals surface area (Å²) in [5.74, 6) is -1.12. The minimum Gasteiger partial charge on any atom is -0.449 e. The Morgan fingerprint density at radius 3 is 2.86 bits per heavy atom. The summed E-state index contributed by atoms with van der Waals surface area (Å²) in [6.45, 7) is 1.47. The zero-order valence-corrected chi connectivity index (χ0v) is 12.2. The van der Waals surface area contributed by atoms with Gasteiger partial charge in [0.25, 0.3) is 5.91 Å². The summed E-state index contributed by atoms with van der Waals surface area (Å²) in [4.78, 5) is 27.6. The summed E-state index contributed by atoms with van der Waals surface area (Å²) in [5, 5.41) is 6.56. The number of hydrogen-bond acceptors (Lipinski definition) is 5. The molecule has 0 saturated heterocycles. The molecule has 8 heteroatoms. The molecule has 0 spiro atoms. The van der Waals surface area contributed by atoms with Crippen LogP contribution in [-0.4, -0.2) is 32.7 Å². The second-order valence-electron chi connectivity index (χ2n) is 4.28. The summed E-state index contributed by atoms with van der Waals surface area (Å²) >= 11 is 5.83. The normalized spacial score (nSPS) is 11.8. The lowest BCUT2D eigenvalue weighted by atomic mass is 10.3. The van der Waals surface area contributed by atoms with Gasteiger partial charge in [0.2, 0.25) is 0 Å². The van der Waals surface area contributed by atoms with Crippen LogP contribution < -0.4 is 5.32 Å². The number of amides is 1. The van der Waals surface area contributed by atoms with Gasteiger partial charge in [-0.25, -0.2) is 9.78 Å². The molecule has 2 aromatic heterocycles. The Kier molecular flexibility index (Phi) is 4.54. The van der Waals surface area contributed by atoms with Gasteiger partial charge in [0.15, 0.2) is 11.3 Å². The first-order valence-electron chi connectivity index (χ1n) is 6.08. The molecule has 0 unspecified atom stereocenters. The number of pyridine rings is 1. The number of nitrogens with one attached hydrogen (secondary N) is 1. The third-order valence-electron chi connectivity index (χ3n) is 2.61. The number of nitrogens with zero attached hydrogens (tertiary/aromatic N) is 3. The first-order chi connectivity index (χ1) is 9.97. The highest BCUT2D eigenvalue weighted by Gasteiger charge is 2.20. The van der Waals surface area contributed by atoms with Crippen molar-refractivity contribution in [1.29, 1.82) is 0 Å². The van der Waals surface area contributed by atoms with Gasteiger partial charge in [-0.1, -0.05) is 11.6 Å². The van der Waals surface area contributed by atoms with E-state index >= 15 is 0 Å². The van der Waals surface area contributed by atoms with E-state index in [-0.39, 0.29) is 10.7 Å². The molecule has 0 radical (unpaired) electrons. The summed E-state index contributed by atoms with van der Waals surface area (Å²) in [6, 6.07) is 3.23. The van der Waals surface area contributed by atoms with Crippen LogP contribution in [0.1, 0.15) is 17.3 Å². The highest BCUT2D eigenvalue weighted by Crippen LogP contribution is 2.18. The molecule has 0 fully saturated rings. The molecule has 21 heavy (non-hydrogen) atoms. The van der Waals surface area contributed by atoms with E-state index in [1.807, 2.05) is 0 Å². The van der Waals surface area contributed by atoms with Gasteiger partial charge < -0.3 is 10.1 Å². The zero-order chi connectivity index (χ0) is 15.4. The SMILES string of the molecule is C[C@@H](OC(=O)c1cnn(C)c1)C(=O)Nc1cccnc1Cl. The molecular weight excluding hydrogens is 296 g/mol. The third kappa shape index (κ3) is 3.79. The molecule has 2 rings (SSSR count). The number of aromatic nitrogens is 3. The molecule has 1 atom stereocenters. The molecule has 7 nitrogen and oxygen atoms in total. The fourth-order valence-electron chi connectivity index (χ4n) is 1.52. The molecule has 0 saturated carbocycles. The van der Waals surface area contributed by atoms with Crippen LogP contribution in [0.3, 0.4) is 0 Å². The second-order valence-corrected chi connectivity index (χ2v) is 4.64. The molecule has 1 N–H and O–H groups in total. The number of halogens is 1. The Bertz CT molecular complexity index is 671. The van der Waals surface area contributed by atoms with Crippen molar-refractivity contribution in [3.63, 3.8) is 0 Å². The van der Waals surface area contributed by atoms with Crippen molar-refractivity contribution >= 4 is 29.2 Å². The molecule has 2 aromatic rings. The van der Waals surface area contributed by atoms with Crippen molar-refractivity contribution < 1.29 is 14.3 Å². The van der Waals surface area contributed by atoms with Crippen LogP contribution in [0.25, 0.3) is 0 Å². The number of esters is 1. The van der Waals surface area contributed by atoms with Gasteiger partial charge in [-0.3, -0.25) is 9.48 Å². The quantitative estimate of drug-likeness (QED) is 0.685. The molecule has 110 valence electrons. The standard InChI is InChI=1S/C13H13ClN4O3/c1-8(21-13(20)9-6-16-18(2)7-9)12(19)17-10-4-3-5-15-11(10)14/h3-8H,1-2H3,(H,17,19)/t8-/m1/s1. The Balaban J connectivity index is 1.97. The first-order valence-corrected chi connectivity index (χ1v) is 6.46. The fourth-order valence-corrected chi connectivity index (χ4v) is 1.69. The Labute approximate surface area is 125 Å². The van der Waals surface area contributed by atoms with Crippen molar-refractivity contribution in [2.75, 3.05) is 5.32 Å². The number of hydrogen-bond donors (Lipinski definition) is 1. The van der Waals surface area contributed by atoms with Crippen LogP contribution in [0.4, 0.5) is 5.69 Å². The van der Waals surface area contributed by atoms with Crippen LogP contribution in [0.5, 0.6) is 0 Å². The summed E-state index contributed by atoms with van der Waals surface area (Å²) < 4.78 is 6.52. The maximum atomic E-state index is 11.9. The van der Waals surface area contributed by atoms with Gasteiger partial charge in [-0.15, -0.1) is 0 Å². The average molecular weight is 309 g/mol. The molecule has 0 aliphatic rings. The molecule has 0 aromatic carbocycles. The lowest BCUT2D eigenvalue weighted by Crippen LogP contribution is -2.30. The Morgan fingerprint density at radius 1 is 1.48 bits per heavy atom. The maximum Gasteiger partial charge on any atom is 0.342 e. The summed E-state index contributed by atoms with van der Waals surface area (Å²) in [6.07, 6.45) is 3.40. The second kappa shape index (κ2) is 6.36. The number of anilines is 1. The predicted molar refractivity (Wildman–Crippen MR) is 76.0 cm³/mol. The van der Waals surface area contributed by atoms with Crippen LogP contribution >= 0.6 is 11.6 Å². The van der Waals surface area contributed by atoms with Gasteiger partial charge >= 0.3 is 5.97 Å². The lowest BCUT2D eigenvalue weighted by Gasteiger charge is -2.13. The lowest BCUT2D eigenvalue weighted by molar-refractivity contribution is -0.123. The molecule has 2 heterocycles. The number of carbonyl (C=O) groups is 2. The molecule has 0 aliphatic carbocycles. The van der Waals surface area contributed by atoms with E-state index < -0.39 is 18.0 Å². The Hall–Kier alpha value is -2.41. The van der Waals surface area contributed by atoms with Gasteiger partial charge in [-0.05, 0) is 19.1 Å². The molecule has 0 aliphatic heterocycles. The van der Waals surface area contributed by atoms with Gasteiger partial charge in [0, 0.05) is 19.4 Å². The van der Waals surface area contributed by atoms with E-state index in [2.05, 4.69) is 15.4 Å². The van der Waals surface area contributed by atoms with E-state index in [0.29, 0.717) is 5.69 Å². The minimum atomic E-state index is -0.978. The van der Waals surface area contributed by atoms with Gasteiger partial charge in [-0.2, -0.15) is 5.10 Å². The van der Waals surface area contributed by atoms with E-state index in [1.54, 1.807) is 19.2 Å². The van der Waals surface area contributed by atoms with E-state index in [1.165, 1.54) is 30.2 Å². The highest BCUT2D eigenvalue weighted by molar-refractivity contribution is 6.32. The van der Waals surface area contributed by atoms with Crippen molar-refractivity contribution in [2.45, 2.75) is 13.0 Å². The topological polar surface area (TPSA) is 86.1 Å². The third-order valence-corrected chi connectivity index (χ3v) is 2.91. The number of carbonyl (C=O) groups excluding carboxylic acids is 2. The largest absolute Gasteiger partial charge is 0.449 e. The monoisotopic (exact) mass is 308 g/mol. The average Bonchev–Trinajstić information content (AvgIpc) is 2.88. The highest BCUT2D eigenvalue weighted by atomic mass is 35.5. The predicted octanol–water partition coefficient (Wildman–Crippen LogP) is 1.65. The van der Waals surface area contributed by atoms with Crippen molar-refractivity contribution in [1.82, 2.24) is 14.8 Å². The maximum absolute atomic E-state index is 11.9. The van der Waals surface area contributed by atoms with Gasteiger partial charge in [0.1, 0.15) is 0 Å². The van der Waals surface area contributed by atoms with Crippen LogP contribution in [0.15, 0.2) is 30.7 Å². The van der Waals surface area contributed by atoms with Gasteiger partial charge in [0.05, 0.1) is 17.4 Å². The van der Waals surface area contributed by atoms with E-state index in [4.69, 9.17) is 16.3 Å². The van der Waals surface area contributed by atoms with Crippen molar-refractivity contribution in [3.8, 4) is 0 Å². The van der Waals surface area contributed by atoms with Crippen LogP contribution in [-0.2, 0) is 16.6 Å². The number of rotatable bonds is 4. The first kappa shape index (κ1) is 15.0. The minimum absolute atomic E-state index is 0.164. The zero-order valence-electron chi connectivity index (χ0n) is 11.4. The van der Waals surface area contributed by atoms with Crippen LogP contribution in [0, 0.1) is 0 Å². The van der Waals surface area contributed by atoms with Crippen molar-refractivity contribution in [3.05, 3.63) is 41.4 Å². The summed E-state index contributed by atoms with van der Waals surface area (Å²) in [5.41, 5.74) is 0.630. The summed E-state index contributed by atoms with van der Waals surface area (Å²) in [7, 11) is 1.68.